The molecule has 62 valence electrons. The normalized spacial score (nSPS) is 7.27. The number of benzene rings is 1. The van der Waals surface area contributed by atoms with Gasteiger partial charge in [0.2, 0.25) is 0 Å². The van der Waals surface area contributed by atoms with Gasteiger partial charge in [-0.15, -0.1) is 0 Å². The fourth-order valence-corrected chi connectivity index (χ4v) is 1.67. The fraction of sp³-hybridized carbons (Fsp3) is 0. The molecule has 0 aromatic heterocycles. The number of rotatable bonds is 2. The Morgan fingerprint density at radius 2 is 1.64 bits per heavy atom. The zero-order valence-electron chi connectivity index (χ0n) is 5.48. The van der Waals surface area contributed by atoms with Crippen molar-refractivity contribution in [3.05, 3.63) is 30.3 Å². The molecule has 0 amide bonds. The molecule has 0 N–H and O–H groups in total. The summed E-state index contributed by atoms with van der Waals surface area (Å²) in [6.45, 7) is 0. The van der Waals surface area contributed by atoms with Gasteiger partial charge in [-0.25, -0.2) is 0 Å². The van der Waals surface area contributed by atoms with Crippen LogP contribution < -0.4 is 24.8 Å². The summed E-state index contributed by atoms with van der Waals surface area (Å²) in [6.07, 6.45) is 0. The SMILES string of the molecule is [Cl-].[Cl-].[Ru+2]=[CH]Sc1ccccc1. The van der Waals surface area contributed by atoms with E-state index in [4.69, 9.17) is 0 Å². The van der Waals surface area contributed by atoms with E-state index in [-0.39, 0.29) is 24.8 Å². The van der Waals surface area contributed by atoms with E-state index in [1.165, 1.54) is 4.90 Å². The van der Waals surface area contributed by atoms with E-state index >= 15 is 0 Å². The van der Waals surface area contributed by atoms with Gasteiger partial charge < -0.3 is 24.8 Å². The van der Waals surface area contributed by atoms with Gasteiger partial charge >= 0.3 is 68.8 Å². The van der Waals surface area contributed by atoms with Crippen LogP contribution in [0.2, 0.25) is 0 Å². The van der Waals surface area contributed by atoms with E-state index in [2.05, 4.69) is 30.0 Å². The molecular weight excluding hydrogens is 288 g/mol. The Kier molecular flexibility index (Phi) is 11.3. The Bertz CT molecular complexity index is 191. The van der Waals surface area contributed by atoms with Crippen molar-refractivity contribution in [2.24, 2.45) is 0 Å². The second-order valence-electron chi connectivity index (χ2n) is 1.51. The summed E-state index contributed by atoms with van der Waals surface area (Å²) in [5.74, 6) is 0. The Labute approximate surface area is 93.2 Å². The van der Waals surface area contributed by atoms with Gasteiger partial charge in [0.15, 0.2) is 0 Å². The van der Waals surface area contributed by atoms with Gasteiger partial charge in [-0.2, -0.15) is 0 Å². The van der Waals surface area contributed by atoms with E-state index in [1.807, 2.05) is 22.1 Å². The maximum absolute atomic E-state index is 2.48. The van der Waals surface area contributed by atoms with Gasteiger partial charge in [-0.1, -0.05) is 0 Å². The van der Waals surface area contributed by atoms with Gasteiger partial charge in [0.25, 0.3) is 0 Å². The molecule has 0 unspecified atom stereocenters. The van der Waals surface area contributed by atoms with Gasteiger partial charge in [0, 0.05) is 0 Å². The van der Waals surface area contributed by atoms with Gasteiger partial charge in [0.05, 0.1) is 0 Å². The van der Waals surface area contributed by atoms with Crippen molar-refractivity contribution < 1.29 is 42.7 Å². The third-order valence-electron chi connectivity index (χ3n) is 0.921. The molecule has 0 aliphatic rings. The molecule has 0 heterocycles. The fourth-order valence-electron chi connectivity index (χ4n) is 0.547. The minimum absolute atomic E-state index is 0. The van der Waals surface area contributed by atoms with Gasteiger partial charge in [0.1, 0.15) is 0 Å². The van der Waals surface area contributed by atoms with E-state index in [0.717, 1.165) is 0 Å². The van der Waals surface area contributed by atoms with Crippen LogP contribution in [0, 0.1) is 0 Å². The quantitative estimate of drug-likeness (QED) is 0.397. The number of hydrogen-bond acceptors (Lipinski definition) is 1. The Morgan fingerprint density at radius 1 is 1.09 bits per heavy atom. The first-order valence-corrected chi connectivity index (χ1v) is 4.44. The van der Waals surface area contributed by atoms with Crippen molar-refractivity contribution in [3.8, 4) is 0 Å². The first-order valence-electron chi connectivity index (χ1n) is 2.55. The van der Waals surface area contributed by atoms with E-state index in [1.54, 1.807) is 11.8 Å². The first-order chi connectivity index (χ1) is 4.43. The molecule has 0 atom stereocenters. The van der Waals surface area contributed by atoms with Crippen molar-refractivity contribution in [1.82, 2.24) is 0 Å². The molecule has 1 rings (SSSR count). The molecule has 0 aliphatic heterocycles. The average Bonchev–Trinajstić information content (AvgIpc) is 1.91. The zero-order valence-corrected chi connectivity index (χ0v) is 9.55. The van der Waals surface area contributed by atoms with Crippen molar-refractivity contribution >= 4 is 15.7 Å². The standard InChI is InChI=1S/C7H6S.2ClH.Ru/c1-8-7-5-3-2-4-6-7;;;/h1-6H;2*1H;/q;;;+2/p-2. The number of thioether (sulfide) groups is 1. The van der Waals surface area contributed by atoms with Crippen LogP contribution in [0.5, 0.6) is 0 Å². The number of halogens is 2. The van der Waals surface area contributed by atoms with Gasteiger partial charge in [-0.3, -0.25) is 0 Å². The van der Waals surface area contributed by atoms with Crippen molar-refractivity contribution in [2.75, 3.05) is 0 Å². The summed E-state index contributed by atoms with van der Waals surface area (Å²) in [7, 11) is 0. The molecule has 0 fully saturated rings. The summed E-state index contributed by atoms with van der Waals surface area (Å²) in [6, 6.07) is 10.3. The van der Waals surface area contributed by atoms with E-state index in [0.29, 0.717) is 0 Å². The third-order valence-corrected chi connectivity index (χ3v) is 2.16. The molecule has 1 aromatic rings. The summed E-state index contributed by atoms with van der Waals surface area (Å²) >= 11 is 4.20. The Hall–Kier alpha value is 0.643. The van der Waals surface area contributed by atoms with Crippen LogP contribution in [0.15, 0.2) is 35.2 Å². The number of hydrogen-bond donors (Lipinski definition) is 0. The molecular formula is C7H6Cl2RuS. The Balaban J connectivity index is 0. The van der Waals surface area contributed by atoms with Crippen LogP contribution in [-0.4, -0.2) is 3.94 Å². The van der Waals surface area contributed by atoms with E-state index < -0.39 is 0 Å². The van der Waals surface area contributed by atoms with Crippen molar-refractivity contribution in [3.63, 3.8) is 0 Å². The summed E-state index contributed by atoms with van der Waals surface area (Å²) in [5, 5.41) is 0. The monoisotopic (exact) mass is 294 g/mol. The molecule has 0 aliphatic carbocycles. The van der Waals surface area contributed by atoms with Crippen LogP contribution in [0.3, 0.4) is 0 Å². The maximum atomic E-state index is 2.48. The average molecular weight is 294 g/mol. The molecule has 0 spiro atoms. The third kappa shape index (κ3) is 5.87. The van der Waals surface area contributed by atoms with Crippen LogP contribution in [0.1, 0.15) is 0 Å². The van der Waals surface area contributed by atoms with Crippen molar-refractivity contribution in [1.29, 1.82) is 0 Å². The molecule has 0 saturated carbocycles. The summed E-state index contributed by atoms with van der Waals surface area (Å²) in [4.78, 5) is 1.29. The molecule has 0 nitrogen and oxygen atoms in total. The molecule has 0 radical (unpaired) electrons. The second-order valence-corrected chi connectivity index (χ2v) is 3.62. The summed E-state index contributed by atoms with van der Waals surface area (Å²) in [5.41, 5.74) is 0. The molecule has 0 saturated heterocycles. The van der Waals surface area contributed by atoms with Crippen molar-refractivity contribution in [2.45, 2.75) is 4.90 Å². The van der Waals surface area contributed by atoms with Crippen LogP contribution in [0.25, 0.3) is 0 Å². The zero-order chi connectivity index (χ0) is 6.53. The van der Waals surface area contributed by atoms with Gasteiger partial charge in [-0.05, 0) is 0 Å². The molecule has 1 aromatic carbocycles. The van der Waals surface area contributed by atoms with Crippen LogP contribution >= 0.6 is 11.8 Å². The first kappa shape index (κ1) is 14.2. The topological polar surface area (TPSA) is 0 Å². The predicted octanol–water partition coefficient (Wildman–Crippen LogP) is -3.91. The molecule has 0 bridgehead atoms. The van der Waals surface area contributed by atoms with Crippen LogP contribution in [0.4, 0.5) is 0 Å². The molecule has 4 heteroatoms. The van der Waals surface area contributed by atoms with Crippen LogP contribution in [-0.2, 0) is 17.9 Å². The second kappa shape index (κ2) is 8.74. The summed E-state index contributed by atoms with van der Waals surface area (Å²) < 4.78 is 2.01. The minimum atomic E-state index is 0. The van der Waals surface area contributed by atoms with E-state index in [9.17, 15) is 0 Å². The Morgan fingerprint density at radius 3 is 2.09 bits per heavy atom. The molecule has 11 heavy (non-hydrogen) atoms. The predicted molar refractivity (Wildman–Crippen MR) is 38.4 cm³/mol.